The molecule has 0 unspecified atom stereocenters. The van der Waals surface area contributed by atoms with Crippen molar-refractivity contribution in [3.63, 3.8) is 0 Å². The first kappa shape index (κ1) is 126. The van der Waals surface area contributed by atoms with Crippen LogP contribution in [0.2, 0.25) is 0 Å². The van der Waals surface area contributed by atoms with Crippen LogP contribution in [0.4, 0.5) is 60.5 Å². The largest absolute Gasteiger partial charge is 1.00 e. The Balaban J connectivity index is 0.000000401. The summed E-state index contributed by atoms with van der Waals surface area (Å²) in [6, 6.07) is 49.4. The van der Waals surface area contributed by atoms with Crippen LogP contribution in [-0.4, -0.2) is 156 Å². The summed E-state index contributed by atoms with van der Waals surface area (Å²) in [4.78, 5) is 147. The molecular weight excluding hydrogens is 2010 g/mol. The Labute approximate surface area is 889 Å². The summed E-state index contributed by atoms with van der Waals surface area (Å²) >= 11 is 4.28. The van der Waals surface area contributed by atoms with Crippen molar-refractivity contribution < 1.29 is 157 Å². The van der Waals surface area contributed by atoms with E-state index in [-0.39, 0.29) is 102 Å². The van der Waals surface area contributed by atoms with Gasteiger partial charge in [-0.1, -0.05) is 49.3 Å². The Morgan fingerprint density at radius 3 is 1.11 bits per heavy atom. The van der Waals surface area contributed by atoms with Crippen LogP contribution in [0.15, 0.2) is 237 Å². The molecule has 1 saturated heterocycles. The summed E-state index contributed by atoms with van der Waals surface area (Å²) in [5, 5.41) is 23.8. The number of ether oxygens (including phenoxy) is 7. The molecule has 3 radical (unpaired) electrons. The molecule has 11 N–H and O–H groups in total. The quantitative estimate of drug-likeness (QED) is 0.00307. The number of fused-ring (bicyclic) bond motifs is 3. The number of amides is 5. The molecule has 0 aliphatic carbocycles. The predicted molar refractivity (Wildman–Crippen MR) is 555 cm³/mol. The number of carboxylic acid groups (broad SMARTS) is 1. The molecular formula is C103H107BF6N14NaO21S3. The number of thiophene rings is 3. The maximum Gasteiger partial charge on any atom is 1.00 e. The Morgan fingerprint density at radius 2 is 0.792 bits per heavy atom. The number of methoxy groups -OCH3 is 2. The molecule has 0 atom stereocenters. The molecule has 779 valence electrons. The van der Waals surface area contributed by atoms with Gasteiger partial charge in [0.2, 0.25) is 35.5 Å². The number of carboxylic acids is 1. The fraction of sp³-hybridized carbons (Fsp3) is 0.204. The van der Waals surface area contributed by atoms with Crippen molar-refractivity contribution >= 4 is 167 Å². The first-order chi connectivity index (χ1) is 68.8. The average molecular weight is 2120 g/mol. The molecule has 15 aromatic rings. The van der Waals surface area contributed by atoms with E-state index in [1.165, 1.54) is 156 Å². The molecule has 0 bridgehead atoms. The number of pyridine rings is 6. The van der Waals surface area contributed by atoms with E-state index in [1.54, 1.807) is 75.4 Å². The fourth-order valence-electron chi connectivity index (χ4n) is 11.9. The second-order valence-corrected chi connectivity index (χ2v) is 32.4. The van der Waals surface area contributed by atoms with E-state index in [4.69, 9.17) is 45.0 Å². The van der Waals surface area contributed by atoms with E-state index in [9.17, 15) is 74.3 Å². The molecule has 35 nitrogen and oxygen atoms in total. The van der Waals surface area contributed by atoms with Crippen molar-refractivity contribution in [1.29, 1.82) is 0 Å². The van der Waals surface area contributed by atoms with Crippen LogP contribution in [0.3, 0.4) is 0 Å². The third-order valence-electron chi connectivity index (χ3n) is 18.3. The van der Waals surface area contributed by atoms with Gasteiger partial charge in [-0.25, -0.2) is 45.7 Å². The fourth-order valence-corrected chi connectivity index (χ4v) is 15.0. The Bertz CT molecular complexity index is 6880. The summed E-state index contributed by atoms with van der Waals surface area (Å²) in [5.74, 6) is -8.00. The zero-order chi connectivity index (χ0) is 103. The molecule has 9 aromatic heterocycles. The van der Waals surface area contributed by atoms with Crippen molar-refractivity contribution in [1.82, 2.24) is 35.2 Å². The number of anilines is 6. The van der Waals surface area contributed by atoms with Gasteiger partial charge in [-0.2, -0.15) is 0 Å². The second-order valence-electron chi connectivity index (χ2n) is 29.3. The van der Waals surface area contributed by atoms with Crippen LogP contribution >= 0.6 is 34.0 Å². The van der Waals surface area contributed by atoms with Gasteiger partial charge >= 0.3 is 47.5 Å². The van der Waals surface area contributed by atoms with Gasteiger partial charge in [-0.15, -0.1) is 34.0 Å². The molecule has 5 amide bonds. The second kappa shape index (κ2) is 64.6. The van der Waals surface area contributed by atoms with Crippen LogP contribution in [0.25, 0.3) is 62.4 Å². The maximum atomic E-state index is 15.0. The van der Waals surface area contributed by atoms with Gasteiger partial charge in [-0.05, 0) is 157 Å². The Kier molecular flexibility index (Phi) is 54.6. The van der Waals surface area contributed by atoms with Gasteiger partial charge in [0.05, 0.1) is 88.8 Å². The average Bonchev–Trinajstić information content (AvgIpc) is 1.66. The van der Waals surface area contributed by atoms with Crippen LogP contribution in [-0.2, 0) is 83.1 Å². The number of nitrogens with zero attached hydrogens (tertiary/aromatic N) is 6. The van der Waals surface area contributed by atoms with Crippen LogP contribution in [0.1, 0.15) is 105 Å². The summed E-state index contributed by atoms with van der Waals surface area (Å²) in [6.45, 7) is 8.06. The number of benzene rings is 6. The predicted octanol–water partition coefficient (Wildman–Crippen LogP) is 17.9. The third-order valence-corrected chi connectivity index (χ3v) is 21.8. The van der Waals surface area contributed by atoms with Gasteiger partial charge in [0.1, 0.15) is 54.0 Å². The molecule has 16 rings (SSSR count). The normalized spacial score (nSPS) is 10.6. The smallest absolute Gasteiger partial charge is 0.793 e. The van der Waals surface area contributed by atoms with E-state index >= 15 is 0 Å². The summed E-state index contributed by atoms with van der Waals surface area (Å²) in [6.07, 6.45) is 8.55. The molecule has 10 heterocycles. The number of aldehydes is 1. The molecule has 0 saturated carbocycles. The van der Waals surface area contributed by atoms with Crippen LogP contribution < -0.4 is 87.1 Å². The van der Waals surface area contributed by atoms with Gasteiger partial charge in [0, 0.05) is 173 Å². The molecule has 6 aromatic carbocycles. The molecule has 149 heavy (non-hydrogen) atoms. The first-order valence-electron chi connectivity index (χ1n) is 42.3. The van der Waals surface area contributed by atoms with Crippen LogP contribution in [0.5, 0.6) is 34.5 Å². The standard InChI is InChI=1S/C31H27F2N5O4S.C28H18F2N4O4S.C21H16FN3O3S.C9H8FNO3.C4H6O4.C3H9NO.C2H3BO2.5CH4.Na/c1-41-13-12-34-17-19-2-8-24(36-18-19)28-15-25-31(43-28)27(10-11-35-25)42-26-9-7-22(14-23(26)33)38-30(40)16-29(39)37-21-5-3-20(32)4-6-21;29-17-2-4-18(5-3-17)33-26(36)13-27(37)34-19-6-8-23(20(30)11-19)38-24-9-10-31-22-12-25(39-28(22)24)21-7-1-16(15-35)14-32-21;22-14-9-13(23)2-4-17(14)28-18-5-6-24-16-10-19(29-20(16)18)15-3-1-12(11-25-15)21-26-7-8-27-21;10-6-1-3-7(4-2-6)11-8(12)5-9(13)14;1-3(5)7-8-4(2)6;1-5-3-2-4;1-2(4)5-3;;;;;;/h2-11,14-15,18,34H,12-13,16-17H2,1H3,(H,37,39)(H,38,40);1-12,14-15H,13H2,(H,33,36)(H,34,37);1-6,9-11,21H,7-8,23H2;1-4H,5H2,(H,11,12)(H,13,14);1-2H3;2-4H2,1H3;1H3;5*1H4;/q;;;;;;-1;;;;;;+1. The van der Waals surface area contributed by atoms with Crippen molar-refractivity contribution in [2.24, 2.45) is 5.73 Å². The Hall–Kier alpha value is -15.4. The molecule has 1 aliphatic heterocycles. The van der Waals surface area contributed by atoms with Crippen LogP contribution in [0, 0.1) is 34.9 Å². The first-order valence-corrected chi connectivity index (χ1v) is 44.8. The monoisotopic (exact) mass is 2120 g/mol. The Morgan fingerprint density at radius 1 is 0.436 bits per heavy atom. The van der Waals surface area contributed by atoms with Gasteiger partial charge in [0.15, 0.2) is 47.3 Å². The number of nitrogens with one attached hydrogen (secondary N) is 6. The topological polar surface area (TPSA) is 485 Å². The van der Waals surface area contributed by atoms with Gasteiger partial charge in [-0.3, -0.25) is 68.3 Å². The van der Waals surface area contributed by atoms with Crippen molar-refractivity contribution in [3.05, 3.63) is 289 Å². The third kappa shape index (κ3) is 41.4. The summed E-state index contributed by atoms with van der Waals surface area (Å²) in [7, 11) is 7.61. The zero-order valence-corrected chi connectivity index (χ0v) is 81.7. The summed E-state index contributed by atoms with van der Waals surface area (Å²) in [5.41, 5.74) is 19.1. The van der Waals surface area contributed by atoms with Gasteiger partial charge in [0.25, 0.3) is 0 Å². The number of nitrogen functional groups attached to an aromatic ring is 1. The summed E-state index contributed by atoms with van der Waals surface area (Å²) < 4.78 is 126. The van der Waals surface area contributed by atoms with Crippen molar-refractivity contribution in [3.8, 4) is 66.2 Å². The number of carbonyl (C=O) groups excluding carboxylic acids is 9. The zero-order valence-electron chi connectivity index (χ0n) is 77.3. The van der Waals surface area contributed by atoms with Crippen molar-refractivity contribution in [2.75, 3.05) is 86.1 Å². The minimum absolute atomic E-state index is 0. The van der Waals surface area contributed by atoms with E-state index in [0.717, 1.165) is 84.6 Å². The molecule has 0 spiro atoms. The molecule has 1 fully saturated rings. The van der Waals surface area contributed by atoms with E-state index in [1.807, 2.05) is 48.7 Å². The minimum atomic E-state index is -1.20. The number of aliphatic carboxylic acids is 1. The number of carbonyl (C=O) groups is 10. The minimum Gasteiger partial charge on any atom is -0.793 e. The number of halogens is 6. The van der Waals surface area contributed by atoms with E-state index < -0.39 is 108 Å². The molecule has 46 heteroatoms. The number of rotatable bonds is 29. The number of hydrogen-bond acceptors (Lipinski definition) is 32. The maximum absolute atomic E-state index is 15.0. The SMILES string of the molecule is C.C.C.C.C.CC(=O)OOC(C)=O.COCCN.COCCNCc1ccc(-c2cc3nccc(Oc4ccc(NC(=O)CC(=O)Nc5ccc(F)cc5)cc4F)c3s2)nc1.Nc1ccc(Oc2ccnc3cc(-c4ccc(C5OCCO5)cn4)sc23)c(F)c1.O=C(O)CC(=O)Nc1ccc(F)cc1.O=Cc1ccc(-c2cc3nccc(Oc4ccc(NC(=O)CC(=O)Nc5ccc(F)cc5)cc4F)c3s2)nc1.[B-]OC(C)=O.[Na+]. The molecule has 1 aliphatic rings. The van der Waals surface area contributed by atoms with Gasteiger partial charge < -0.3 is 94.3 Å². The number of aromatic nitrogens is 6. The van der Waals surface area contributed by atoms with Crippen molar-refractivity contribution in [2.45, 2.75) is 90.0 Å². The number of hydrogen-bond donors (Lipinski definition) is 9. The number of nitrogens with two attached hydrogens (primary N) is 2. The van der Waals surface area contributed by atoms with E-state index in [2.05, 4.69) is 89.0 Å². The van der Waals surface area contributed by atoms with E-state index in [0.29, 0.717) is 113 Å².